The van der Waals surface area contributed by atoms with Gasteiger partial charge in [0.05, 0.1) is 25.2 Å². The van der Waals surface area contributed by atoms with Crippen molar-refractivity contribution >= 4 is 0 Å². The standard InChI is InChI=1S/C16H18O3/c17-15-16-7-6-13(16)12(14(16)10-19-15)9-18-8-11-4-2-1-3-5-11/h1-7,12-15,17H,8-10H2/t12-,13+,14+,15-,16?/m1/s1. The lowest BCUT2D eigenvalue weighted by atomic mass is 9.42. The zero-order chi connectivity index (χ0) is 12.9. The summed E-state index contributed by atoms with van der Waals surface area (Å²) in [6.07, 6.45) is 3.73. The zero-order valence-electron chi connectivity index (χ0n) is 10.7. The number of rotatable bonds is 4. The second-order valence-electron chi connectivity index (χ2n) is 5.84. The molecule has 0 aromatic heterocycles. The van der Waals surface area contributed by atoms with E-state index in [1.165, 1.54) is 5.56 Å². The molecule has 2 aliphatic carbocycles. The Morgan fingerprint density at radius 3 is 2.89 bits per heavy atom. The Bertz CT molecular complexity index is 498. The van der Waals surface area contributed by atoms with Crippen LogP contribution in [0.3, 0.4) is 0 Å². The molecule has 1 aromatic carbocycles. The number of benzene rings is 1. The van der Waals surface area contributed by atoms with Crippen molar-refractivity contribution in [2.45, 2.75) is 12.9 Å². The Hall–Kier alpha value is -1.16. The summed E-state index contributed by atoms with van der Waals surface area (Å²) in [6.45, 7) is 2.09. The maximum atomic E-state index is 9.91. The van der Waals surface area contributed by atoms with Gasteiger partial charge in [0, 0.05) is 5.92 Å². The molecule has 1 aliphatic heterocycles. The molecule has 0 radical (unpaired) electrons. The highest BCUT2D eigenvalue weighted by atomic mass is 16.6. The van der Waals surface area contributed by atoms with Gasteiger partial charge in [-0.25, -0.2) is 0 Å². The van der Waals surface area contributed by atoms with E-state index < -0.39 is 6.29 Å². The molecule has 1 saturated heterocycles. The van der Waals surface area contributed by atoms with Crippen LogP contribution in [-0.4, -0.2) is 24.6 Å². The van der Waals surface area contributed by atoms with Gasteiger partial charge in [0.2, 0.25) is 0 Å². The van der Waals surface area contributed by atoms with Crippen LogP contribution in [0.4, 0.5) is 0 Å². The van der Waals surface area contributed by atoms with Gasteiger partial charge in [-0.15, -0.1) is 0 Å². The molecule has 1 N–H and O–H groups in total. The molecule has 3 aliphatic rings. The van der Waals surface area contributed by atoms with Crippen LogP contribution in [0.1, 0.15) is 5.56 Å². The first-order chi connectivity index (χ1) is 9.32. The summed E-state index contributed by atoms with van der Waals surface area (Å²) in [5.41, 5.74) is 1.14. The van der Waals surface area contributed by atoms with Crippen molar-refractivity contribution < 1.29 is 14.6 Å². The average Bonchev–Trinajstić information content (AvgIpc) is 2.75. The highest BCUT2D eigenvalue weighted by Crippen LogP contribution is 2.67. The van der Waals surface area contributed by atoms with Crippen LogP contribution in [0.5, 0.6) is 0 Å². The normalized spacial score (nSPS) is 42.2. The first-order valence-corrected chi connectivity index (χ1v) is 6.93. The van der Waals surface area contributed by atoms with E-state index in [-0.39, 0.29) is 5.41 Å². The largest absolute Gasteiger partial charge is 0.376 e. The fourth-order valence-electron chi connectivity index (χ4n) is 3.96. The molecule has 5 atom stereocenters. The average molecular weight is 258 g/mol. The summed E-state index contributed by atoms with van der Waals surface area (Å²) in [7, 11) is 0. The van der Waals surface area contributed by atoms with Crippen molar-refractivity contribution in [1.82, 2.24) is 0 Å². The number of aliphatic hydroxyl groups is 1. The molecule has 1 unspecified atom stereocenters. The Morgan fingerprint density at radius 1 is 1.32 bits per heavy atom. The van der Waals surface area contributed by atoms with E-state index in [1.807, 2.05) is 18.2 Å². The van der Waals surface area contributed by atoms with Gasteiger partial charge < -0.3 is 14.6 Å². The summed E-state index contributed by atoms with van der Waals surface area (Å²) in [6, 6.07) is 10.2. The smallest absolute Gasteiger partial charge is 0.164 e. The number of aliphatic hydroxyl groups excluding tert-OH is 1. The molecule has 1 saturated carbocycles. The number of allylic oxidation sites excluding steroid dienone is 1. The van der Waals surface area contributed by atoms with E-state index in [9.17, 15) is 5.11 Å². The molecule has 1 heterocycles. The van der Waals surface area contributed by atoms with Crippen molar-refractivity contribution in [2.75, 3.05) is 13.2 Å². The van der Waals surface area contributed by atoms with Gasteiger partial charge in [0.1, 0.15) is 0 Å². The van der Waals surface area contributed by atoms with Gasteiger partial charge in [0.25, 0.3) is 0 Å². The maximum Gasteiger partial charge on any atom is 0.164 e. The van der Waals surface area contributed by atoms with Crippen LogP contribution in [0, 0.1) is 23.2 Å². The van der Waals surface area contributed by atoms with E-state index >= 15 is 0 Å². The summed E-state index contributed by atoms with van der Waals surface area (Å²) >= 11 is 0. The molecule has 100 valence electrons. The minimum Gasteiger partial charge on any atom is -0.376 e. The molecule has 0 amide bonds. The summed E-state index contributed by atoms with van der Waals surface area (Å²) in [5, 5.41) is 9.91. The molecule has 1 aromatic rings. The SMILES string of the molecule is O[C@@H]1OC[C@H]2[C@H](COCc3ccccc3)[C@@H]3C=CC132. The lowest BCUT2D eigenvalue weighted by Gasteiger charge is -2.61. The Balaban J connectivity index is 1.35. The van der Waals surface area contributed by atoms with E-state index in [2.05, 4.69) is 24.3 Å². The predicted octanol–water partition coefficient (Wildman–Crippen LogP) is 1.97. The Kier molecular flexibility index (Phi) is 2.56. The van der Waals surface area contributed by atoms with Gasteiger partial charge >= 0.3 is 0 Å². The molecule has 2 fully saturated rings. The topological polar surface area (TPSA) is 38.7 Å². The first-order valence-electron chi connectivity index (χ1n) is 6.93. The second-order valence-corrected chi connectivity index (χ2v) is 5.84. The van der Waals surface area contributed by atoms with Gasteiger partial charge in [-0.3, -0.25) is 0 Å². The minimum absolute atomic E-state index is 0.0687. The van der Waals surface area contributed by atoms with Crippen LogP contribution in [-0.2, 0) is 16.1 Å². The third kappa shape index (κ3) is 1.49. The first kappa shape index (κ1) is 11.6. The van der Waals surface area contributed by atoms with E-state index in [4.69, 9.17) is 9.47 Å². The van der Waals surface area contributed by atoms with Crippen LogP contribution >= 0.6 is 0 Å². The minimum atomic E-state index is -0.599. The third-order valence-corrected chi connectivity index (χ3v) is 5.07. The van der Waals surface area contributed by atoms with Crippen LogP contribution in [0.25, 0.3) is 0 Å². The van der Waals surface area contributed by atoms with Gasteiger partial charge in [0.15, 0.2) is 6.29 Å². The van der Waals surface area contributed by atoms with Gasteiger partial charge in [-0.1, -0.05) is 42.5 Å². The fourth-order valence-corrected chi connectivity index (χ4v) is 3.96. The van der Waals surface area contributed by atoms with E-state index in [1.54, 1.807) is 0 Å². The number of ether oxygens (including phenoxy) is 2. The van der Waals surface area contributed by atoms with Gasteiger partial charge in [-0.2, -0.15) is 0 Å². The highest BCUT2D eigenvalue weighted by Gasteiger charge is 2.70. The van der Waals surface area contributed by atoms with Crippen LogP contribution in [0.2, 0.25) is 0 Å². The lowest BCUT2D eigenvalue weighted by Crippen LogP contribution is -2.62. The summed E-state index contributed by atoms with van der Waals surface area (Å²) < 4.78 is 11.3. The Morgan fingerprint density at radius 2 is 2.16 bits per heavy atom. The summed E-state index contributed by atoms with van der Waals surface area (Å²) in [5.74, 6) is 1.39. The predicted molar refractivity (Wildman–Crippen MR) is 70.1 cm³/mol. The molecular weight excluding hydrogens is 240 g/mol. The van der Waals surface area contributed by atoms with Crippen molar-refractivity contribution in [3.8, 4) is 0 Å². The number of hydrogen-bond donors (Lipinski definition) is 1. The Labute approximate surface area is 112 Å². The highest BCUT2D eigenvalue weighted by molar-refractivity contribution is 5.33. The molecule has 3 heteroatoms. The zero-order valence-corrected chi connectivity index (χ0v) is 10.7. The molecule has 4 rings (SSSR count). The molecular formula is C16H18O3. The number of hydrogen-bond acceptors (Lipinski definition) is 3. The monoisotopic (exact) mass is 258 g/mol. The molecule has 1 spiro atoms. The fraction of sp³-hybridized carbons (Fsp3) is 0.500. The van der Waals surface area contributed by atoms with Gasteiger partial charge in [-0.05, 0) is 17.4 Å². The van der Waals surface area contributed by atoms with Crippen molar-refractivity contribution in [3.63, 3.8) is 0 Å². The molecule has 0 bridgehead atoms. The lowest BCUT2D eigenvalue weighted by molar-refractivity contribution is -0.176. The maximum absolute atomic E-state index is 9.91. The van der Waals surface area contributed by atoms with Crippen molar-refractivity contribution in [1.29, 1.82) is 0 Å². The van der Waals surface area contributed by atoms with Crippen molar-refractivity contribution in [2.24, 2.45) is 23.2 Å². The van der Waals surface area contributed by atoms with Crippen LogP contribution in [0.15, 0.2) is 42.5 Å². The third-order valence-electron chi connectivity index (χ3n) is 5.07. The van der Waals surface area contributed by atoms with Crippen LogP contribution < -0.4 is 0 Å². The summed E-state index contributed by atoms with van der Waals surface area (Å²) in [4.78, 5) is 0. The second kappa shape index (κ2) is 4.17. The van der Waals surface area contributed by atoms with E-state index in [0.29, 0.717) is 31.0 Å². The molecule has 19 heavy (non-hydrogen) atoms. The van der Waals surface area contributed by atoms with E-state index in [0.717, 1.165) is 6.61 Å². The quantitative estimate of drug-likeness (QED) is 0.839. The molecule has 3 nitrogen and oxygen atoms in total. The van der Waals surface area contributed by atoms with Crippen molar-refractivity contribution in [3.05, 3.63) is 48.0 Å².